The van der Waals surface area contributed by atoms with Gasteiger partial charge in [0.15, 0.2) is 0 Å². The second-order valence-electron chi connectivity index (χ2n) is 7.18. The molecule has 0 aliphatic rings. The zero-order valence-electron chi connectivity index (χ0n) is 17.5. The second-order valence-corrected chi connectivity index (χ2v) is 7.59. The van der Waals surface area contributed by atoms with Crippen molar-refractivity contribution in [1.29, 1.82) is 0 Å². The number of anilines is 1. The van der Waals surface area contributed by atoms with Crippen molar-refractivity contribution in [3.05, 3.63) is 79.7 Å². The molecule has 0 unspecified atom stereocenters. The van der Waals surface area contributed by atoms with Gasteiger partial charge in [0, 0.05) is 36.5 Å². The molecule has 0 radical (unpaired) electrons. The average Bonchev–Trinajstić information content (AvgIpc) is 2.81. The Morgan fingerprint density at radius 3 is 2.68 bits per heavy atom. The molecule has 2 aromatic heterocycles. The molecule has 3 N–H and O–H groups in total. The number of aromatic hydroxyl groups is 1. The summed E-state index contributed by atoms with van der Waals surface area (Å²) in [6.45, 7) is 2.19. The highest BCUT2D eigenvalue weighted by molar-refractivity contribution is 6.34. The number of aromatic nitrogens is 2. The molecule has 11 nitrogen and oxygen atoms in total. The third kappa shape index (κ3) is 3.99. The Morgan fingerprint density at radius 1 is 1.24 bits per heavy atom. The summed E-state index contributed by atoms with van der Waals surface area (Å²) in [4.78, 5) is 52.5. The fraction of sp³-hybridized carbons (Fsp3) is 0.0909. The molecule has 0 fully saturated rings. The van der Waals surface area contributed by atoms with Gasteiger partial charge in [-0.25, -0.2) is 4.79 Å². The Morgan fingerprint density at radius 2 is 2.00 bits per heavy atom. The maximum absolute atomic E-state index is 13.1. The number of amides is 3. The van der Waals surface area contributed by atoms with Crippen molar-refractivity contribution < 1.29 is 19.6 Å². The molecule has 0 spiro atoms. The normalized spacial score (nSPS) is 10.9. The van der Waals surface area contributed by atoms with Crippen LogP contribution in [0.15, 0.2) is 53.6 Å². The second kappa shape index (κ2) is 8.79. The van der Waals surface area contributed by atoms with Crippen molar-refractivity contribution in [3.63, 3.8) is 0 Å². The number of halogens is 1. The smallest absolute Gasteiger partial charge is 0.326 e. The first-order valence-corrected chi connectivity index (χ1v) is 10.3. The molecular weight excluding hydrogens is 466 g/mol. The lowest BCUT2D eigenvalue weighted by Gasteiger charge is -2.14. The summed E-state index contributed by atoms with van der Waals surface area (Å²) < 4.78 is 1.65. The van der Waals surface area contributed by atoms with E-state index in [0.717, 1.165) is 12.1 Å². The topological polar surface area (TPSA) is 156 Å². The van der Waals surface area contributed by atoms with E-state index in [4.69, 9.17) is 11.6 Å². The molecule has 4 rings (SSSR count). The molecule has 0 aliphatic carbocycles. The lowest BCUT2D eigenvalue weighted by molar-refractivity contribution is -0.384. The summed E-state index contributed by atoms with van der Waals surface area (Å²) in [5.74, 6) is -1.19. The number of carbonyl (C=O) groups excluding carboxylic acids is 2. The number of pyridine rings is 2. The summed E-state index contributed by atoms with van der Waals surface area (Å²) in [6, 6.07) is 7.02. The van der Waals surface area contributed by atoms with Crippen LogP contribution in [0.25, 0.3) is 21.8 Å². The van der Waals surface area contributed by atoms with Crippen LogP contribution < -0.4 is 16.1 Å². The van der Waals surface area contributed by atoms with Gasteiger partial charge < -0.3 is 15.0 Å². The lowest BCUT2D eigenvalue weighted by atomic mass is 10.1. The highest BCUT2D eigenvalue weighted by Gasteiger charge is 2.21. The van der Waals surface area contributed by atoms with E-state index < -0.39 is 22.3 Å². The van der Waals surface area contributed by atoms with E-state index in [1.807, 2.05) is 12.2 Å². The van der Waals surface area contributed by atoms with Crippen LogP contribution >= 0.6 is 11.6 Å². The fourth-order valence-corrected chi connectivity index (χ4v) is 3.80. The highest BCUT2D eigenvalue weighted by Crippen LogP contribution is 2.30. The summed E-state index contributed by atoms with van der Waals surface area (Å²) >= 11 is 5.95. The number of hydrogen-bond acceptors (Lipinski definition) is 7. The van der Waals surface area contributed by atoms with Gasteiger partial charge in [0.05, 0.1) is 26.5 Å². The van der Waals surface area contributed by atoms with Crippen LogP contribution in [0, 0.1) is 10.1 Å². The van der Waals surface area contributed by atoms with E-state index in [-0.39, 0.29) is 33.1 Å². The number of benzene rings is 2. The molecular formula is C22H16ClN5O6. The first-order chi connectivity index (χ1) is 16.2. The number of hydrogen-bond donors (Lipinski definition) is 3. The van der Waals surface area contributed by atoms with Crippen molar-refractivity contribution in [2.45, 2.75) is 13.5 Å². The number of phenols is 1. The molecule has 172 valence electrons. The van der Waals surface area contributed by atoms with Gasteiger partial charge in [-0.05, 0) is 31.2 Å². The van der Waals surface area contributed by atoms with Gasteiger partial charge in [-0.2, -0.15) is 0 Å². The standard InChI is InChI=1S/C22H16ClN5O6/c1-2-27-10-14(20(30)13-9-17(29)18-12(19(13)27)4-3-7-24-18)21(31)26-22(32)25-16-6-5-11(28(33)34)8-15(16)23/h3-10,29H,2H2,1H3,(H2,25,26,31,32). The predicted octanol–water partition coefficient (Wildman–Crippen LogP) is 3.80. The van der Waals surface area contributed by atoms with E-state index in [1.54, 1.807) is 16.7 Å². The van der Waals surface area contributed by atoms with Gasteiger partial charge in [-0.1, -0.05) is 11.6 Å². The van der Waals surface area contributed by atoms with Crippen LogP contribution in [0.2, 0.25) is 5.02 Å². The molecule has 2 aromatic carbocycles. The molecule has 0 atom stereocenters. The minimum absolute atomic E-state index is 0.0333. The monoisotopic (exact) mass is 481 g/mol. The lowest BCUT2D eigenvalue weighted by Crippen LogP contribution is -2.37. The summed E-state index contributed by atoms with van der Waals surface area (Å²) in [5, 5.41) is 26.0. The van der Waals surface area contributed by atoms with E-state index in [2.05, 4.69) is 10.3 Å². The number of aryl methyl sites for hydroxylation is 1. The molecule has 3 amide bonds. The number of nitrogens with one attached hydrogen (secondary N) is 2. The molecule has 2 heterocycles. The number of nitro groups is 1. The molecule has 12 heteroatoms. The Labute approximate surface area is 195 Å². The SMILES string of the molecule is CCn1cc(C(=O)NC(=O)Nc2ccc([N+](=O)[O-])cc2Cl)c(=O)c2cc(O)c3ncccc3c21. The van der Waals surface area contributed by atoms with Crippen LogP contribution in [0.5, 0.6) is 5.75 Å². The number of urea groups is 1. The third-order valence-electron chi connectivity index (χ3n) is 5.13. The first-order valence-electron chi connectivity index (χ1n) is 9.91. The molecule has 0 aliphatic heterocycles. The predicted molar refractivity (Wildman–Crippen MR) is 125 cm³/mol. The maximum Gasteiger partial charge on any atom is 0.326 e. The van der Waals surface area contributed by atoms with Crippen LogP contribution in [0.4, 0.5) is 16.2 Å². The van der Waals surface area contributed by atoms with Crippen LogP contribution in [-0.2, 0) is 6.54 Å². The highest BCUT2D eigenvalue weighted by atomic mass is 35.5. The number of nitro benzene ring substituents is 1. The van der Waals surface area contributed by atoms with E-state index in [9.17, 15) is 29.6 Å². The zero-order valence-corrected chi connectivity index (χ0v) is 18.3. The summed E-state index contributed by atoms with van der Waals surface area (Å²) in [5.41, 5.74) is -0.429. The van der Waals surface area contributed by atoms with Gasteiger partial charge >= 0.3 is 6.03 Å². The molecule has 4 aromatic rings. The Bertz CT molecular complexity index is 1570. The average molecular weight is 482 g/mol. The van der Waals surface area contributed by atoms with Crippen LogP contribution in [0.3, 0.4) is 0 Å². The van der Waals surface area contributed by atoms with E-state index in [1.165, 1.54) is 24.5 Å². The summed E-state index contributed by atoms with van der Waals surface area (Å²) in [7, 11) is 0. The number of nitrogens with zero attached hydrogens (tertiary/aromatic N) is 3. The summed E-state index contributed by atoms with van der Waals surface area (Å²) in [6.07, 6.45) is 2.84. The zero-order chi connectivity index (χ0) is 24.6. The number of fused-ring (bicyclic) bond motifs is 3. The number of non-ortho nitro benzene ring substituents is 1. The number of imide groups is 1. The molecule has 0 bridgehead atoms. The van der Waals surface area contributed by atoms with Crippen LogP contribution in [-0.4, -0.2) is 31.5 Å². The van der Waals surface area contributed by atoms with Gasteiger partial charge in [0.1, 0.15) is 16.8 Å². The van der Waals surface area contributed by atoms with Crippen LogP contribution in [0.1, 0.15) is 17.3 Å². The van der Waals surface area contributed by atoms with Crippen molar-refractivity contribution >= 4 is 56.7 Å². The van der Waals surface area contributed by atoms with Gasteiger partial charge in [-0.15, -0.1) is 0 Å². The van der Waals surface area contributed by atoms with E-state index in [0.29, 0.717) is 23.0 Å². The fourth-order valence-electron chi connectivity index (χ4n) is 3.58. The minimum Gasteiger partial charge on any atom is -0.506 e. The first kappa shape index (κ1) is 22.7. The Balaban J connectivity index is 1.68. The molecule has 0 saturated heterocycles. The van der Waals surface area contributed by atoms with Crippen molar-refractivity contribution in [2.24, 2.45) is 0 Å². The largest absolute Gasteiger partial charge is 0.506 e. The number of rotatable bonds is 4. The van der Waals surface area contributed by atoms with Gasteiger partial charge in [0.2, 0.25) is 5.43 Å². The maximum atomic E-state index is 13.1. The van der Waals surface area contributed by atoms with E-state index >= 15 is 0 Å². The minimum atomic E-state index is -0.992. The quantitative estimate of drug-likeness (QED) is 0.227. The number of carbonyl (C=O) groups is 2. The Hall–Kier alpha value is -4.51. The third-order valence-corrected chi connectivity index (χ3v) is 5.44. The van der Waals surface area contributed by atoms with Crippen molar-refractivity contribution in [1.82, 2.24) is 14.9 Å². The van der Waals surface area contributed by atoms with Gasteiger partial charge in [-0.3, -0.25) is 30.0 Å². The van der Waals surface area contributed by atoms with Gasteiger partial charge in [0.25, 0.3) is 11.6 Å². The molecule has 34 heavy (non-hydrogen) atoms. The number of phenolic OH excluding ortho intramolecular Hbond substituents is 1. The Kier molecular flexibility index (Phi) is 5.86. The van der Waals surface area contributed by atoms with Crippen molar-refractivity contribution in [2.75, 3.05) is 5.32 Å². The van der Waals surface area contributed by atoms with Crippen molar-refractivity contribution in [3.8, 4) is 5.75 Å². The molecule has 0 saturated carbocycles.